The summed E-state index contributed by atoms with van der Waals surface area (Å²) in [4.78, 5) is 12.2. The van der Waals surface area contributed by atoms with Crippen LogP contribution in [0.3, 0.4) is 0 Å². The van der Waals surface area contributed by atoms with Gasteiger partial charge in [0, 0.05) is 5.56 Å². The van der Waals surface area contributed by atoms with Gasteiger partial charge >= 0.3 is 0 Å². The van der Waals surface area contributed by atoms with E-state index < -0.39 is 17.3 Å². The molecule has 122 valence electrons. The van der Waals surface area contributed by atoms with Gasteiger partial charge in [-0.1, -0.05) is 6.07 Å². The number of halogens is 2. The highest BCUT2D eigenvalue weighted by Crippen LogP contribution is 2.19. The molecule has 0 saturated heterocycles. The zero-order valence-electron chi connectivity index (χ0n) is 12.9. The Balaban J connectivity index is 2.03. The lowest BCUT2D eigenvalue weighted by molar-refractivity contribution is 0.0438. The monoisotopic (exact) mass is 320 g/mol. The van der Waals surface area contributed by atoms with Gasteiger partial charge in [0.1, 0.15) is 23.0 Å². The normalized spacial score (nSPS) is 11.2. The summed E-state index contributed by atoms with van der Waals surface area (Å²) in [7, 11) is 0. The molecular weight excluding hydrogens is 302 g/mol. The Kier molecular flexibility index (Phi) is 4.95. The van der Waals surface area contributed by atoms with Gasteiger partial charge in [0.2, 0.25) is 0 Å². The second kappa shape index (κ2) is 6.75. The third-order valence-corrected chi connectivity index (χ3v) is 3.09. The van der Waals surface area contributed by atoms with Gasteiger partial charge in [-0.25, -0.2) is 14.6 Å². The fraction of sp³-hybridized carbons (Fsp3) is 0.235. The van der Waals surface area contributed by atoms with Crippen LogP contribution in [0.1, 0.15) is 24.2 Å². The number of hydrazine groups is 1. The van der Waals surface area contributed by atoms with Gasteiger partial charge in [-0.05, 0) is 56.3 Å². The van der Waals surface area contributed by atoms with Crippen molar-refractivity contribution in [2.45, 2.75) is 19.4 Å². The Morgan fingerprint density at radius 3 is 2.39 bits per heavy atom. The summed E-state index contributed by atoms with van der Waals surface area (Å²) < 4.78 is 31.8. The highest BCUT2D eigenvalue weighted by Gasteiger charge is 2.26. The SMILES string of the molecule is CC(C)(CN(N)C(=O)c1cccc(F)c1)Oc1ccc(F)cc1. The maximum absolute atomic E-state index is 13.2. The van der Waals surface area contributed by atoms with Crippen LogP contribution < -0.4 is 10.6 Å². The molecule has 4 nitrogen and oxygen atoms in total. The van der Waals surface area contributed by atoms with E-state index in [9.17, 15) is 13.6 Å². The van der Waals surface area contributed by atoms with E-state index in [4.69, 9.17) is 10.6 Å². The maximum atomic E-state index is 13.2. The van der Waals surface area contributed by atoms with Crippen LogP contribution in [0, 0.1) is 11.6 Å². The van der Waals surface area contributed by atoms with Gasteiger partial charge in [-0.2, -0.15) is 0 Å². The number of nitrogens with two attached hydrogens (primary N) is 1. The first kappa shape index (κ1) is 16.9. The topological polar surface area (TPSA) is 55.6 Å². The summed E-state index contributed by atoms with van der Waals surface area (Å²) in [6.07, 6.45) is 0. The Hall–Kier alpha value is -2.47. The molecule has 0 radical (unpaired) electrons. The first-order valence-electron chi connectivity index (χ1n) is 7.03. The third kappa shape index (κ3) is 4.75. The summed E-state index contributed by atoms with van der Waals surface area (Å²) in [5, 5.41) is 0.971. The molecule has 0 spiro atoms. The van der Waals surface area contributed by atoms with Gasteiger partial charge in [0.05, 0.1) is 6.54 Å². The Morgan fingerprint density at radius 1 is 1.13 bits per heavy atom. The average molecular weight is 320 g/mol. The lowest BCUT2D eigenvalue weighted by atomic mass is 10.1. The molecule has 6 heteroatoms. The van der Waals surface area contributed by atoms with Crippen LogP contribution >= 0.6 is 0 Å². The minimum Gasteiger partial charge on any atom is -0.486 e. The van der Waals surface area contributed by atoms with Crippen molar-refractivity contribution in [1.29, 1.82) is 0 Å². The molecule has 0 aliphatic carbocycles. The largest absolute Gasteiger partial charge is 0.486 e. The van der Waals surface area contributed by atoms with Crippen molar-refractivity contribution in [3.63, 3.8) is 0 Å². The predicted molar refractivity (Wildman–Crippen MR) is 82.7 cm³/mol. The maximum Gasteiger partial charge on any atom is 0.268 e. The van der Waals surface area contributed by atoms with E-state index in [1.54, 1.807) is 13.8 Å². The van der Waals surface area contributed by atoms with Gasteiger partial charge in [-0.15, -0.1) is 0 Å². The van der Waals surface area contributed by atoms with Crippen molar-refractivity contribution in [3.8, 4) is 5.75 Å². The summed E-state index contributed by atoms with van der Waals surface area (Å²) in [6.45, 7) is 3.56. The molecule has 0 atom stereocenters. The number of amides is 1. The zero-order chi connectivity index (χ0) is 17.0. The van der Waals surface area contributed by atoms with Gasteiger partial charge in [-0.3, -0.25) is 9.80 Å². The van der Waals surface area contributed by atoms with E-state index in [2.05, 4.69) is 0 Å². The molecule has 0 unspecified atom stereocenters. The fourth-order valence-corrected chi connectivity index (χ4v) is 2.12. The first-order valence-corrected chi connectivity index (χ1v) is 7.03. The fourth-order valence-electron chi connectivity index (χ4n) is 2.12. The smallest absolute Gasteiger partial charge is 0.268 e. The van der Waals surface area contributed by atoms with E-state index in [0.29, 0.717) is 5.75 Å². The molecule has 0 aromatic heterocycles. The minimum absolute atomic E-state index is 0.0692. The zero-order valence-corrected chi connectivity index (χ0v) is 12.9. The van der Waals surface area contributed by atoms with Crippen LogP contribution in [0.5, 0.6) is 5.75 Å². The number of carbonyl (C=O) groups excluding carboxylic acids is 1. The van der Waals surface area contributed by atoms with E-state index in [-0.39, 0.29) is 17.9 Å². The van der Waals surface area contributed by atoms with Crippen molar-refractivity contribution in [3.05, 3.63) is 65.7 Å². The van der Waals surface area contributed by atoms with Crippen molar-refractivity contribution in [1.82, 2.24) is 5.01 Å². The van der Waals surface area contributed by atoms with Crippen LogP contribution in [-0.4, -0.2) is 23.1 Å². The molecule has 2 rings (SSSR count). The van der Waals surface area contributed by atoms with Crippen molar-refractivity contribution < 1.29 is 18.3 Å². The molecule has 23 heavy (non-hydrogen) atoms. The molecule has 1 amide bonds. The number of hydrogen-bond donors (Lipinski definition) is 1. The summed E-state index contributed by atoms with van der Waals surface area (Å²) in [5.41, 5.74) is -0.652. The molecule has 0 saturated carbocycles. The first-order chi connectivity index (χ1) is 10.8. The van der Waals surface area contributed by atoms with Gasteiger partial charge in [0.15, 0.2) is 0 Å². The Bertz CT molecular complexity index is 687. The van der Waals surface area contributed by atoms with Crippen molar-refractivity contribution in [2.24, 2.45) is 5.84 Å². The van der Waals surface area contributed by atoms with E-state index in [0.717, 1.165) is 11.1 Å². The minimum atomic E-state index is -0.810. The number of benzene rings is 2. The quantitative estimate of drug-likeness (QED) is 0.523. The van der Waals surface area contributed by atoms with Gasteiger partial charge < -0.3 is 4.74 Å². The molecular formula is C17H18F2N2O2. The Labute approximate surface area is 133 Å². The number of ether oxygens (including phenoxy) is 1. The molecule has 0 bridgehead atoms. The van der Waals surface area contributed by atoms with Crippen LogP contribution in [0.2, 0.25) is 0 Å². The highest BCUT2D eigenvalue weighted by molar-refractivity contribution is 5.93. The second-order valence-electron chi connectivity index (χ2n) is 5.76. The standard InChI is InChI=1S/C17H18F2N2O2/c1-17(2,23-15-8-6-13(18)7-9-15)11-21(20)16(22)12-4-3-5-14(19)10-12/h3-10H,11,20H2,1-2H3. The second-order valence-corrected chi connectivity index (χ2v) is 5.76. The molecule has 2 aromatic rings. The average Bonchev–Trinajstić information content (AvgIpc) is 2.48. The van der Waals surface area contributed by atoms with E-state index in [1.165, 1.54) is 42.5 Å². The Morgan fingerprint density at radius 2 is 1.78 bits per heavy atom. The lowest BCUT2D eigenvalue weighted by Gasteiger charge is -2.30. The molecule has 2 aromatic carbocycles. The highest BCUT2D eigenvalue weighted by atomic mass is 19.1. The molecule has 2 N–H and O–H groups in total. The predicted octanol–water partition coefficient (Wildman–Crippen LogP) is 3.14. The molecule has 0 fully saturated rings. The van der Waals surface area contributed by atoms with E-state index in [1.807, 2.05) is 0 Å². The van der Waals surface area contributed by atoms with Crippen LogP contribution in [-0.2, 0) is 0 Å². The van der Waals surface area contributed by atoms with Crippen LogP contribution in [0.15, 0.2) is 48.5 Å². The summed E-state index contributed by atoms with van der Waals surface area (Å²) in [5.74, 6) is 4.86. The van der Waals surface area contributed by atoms with Crippen molar-refractivity contribution >= 4 is 5.91 Å². The van der Waals surface area contributed by atoms with Gasteiger partial charge in [0.25, 0.3) is 5.91 Å². The van der Waals surface area contributed by atoms with Crippen LogP contribution in [0.25, 0.3) is 0 Å². The lowest BCUT2D eigenvalue weighted by Crippen LogP contribution is -2.49. The van der Waals surface area contributed by atoms with E-state index >= 15 is 0 Å². The molecule has 0 heterocycles. The number of carbonyl (C=O) groups is 1. The summed E-state index contributed by atoms with van der Waals surface area (Å²) in [6, 6.07) is 10.8. The number of hydrogen-bond acceptors (Lipinski definition) is 3. The molecule has 0 aliphatic rings. The number of rotatable bonds is 5. The summed E-state index contributed by atoms with van der Waals surface area (Å²) >= 11 is 0. The molecule has 0 aliphatic heterocycles. The van der Waals surface area contributed by atoms with Crippen molar-refractivity contribution in [2.75, 3.05) is 6.54 Å². The number of nitrogens with zero attached hydrogens (tertiary/aromatic N) is 1. The third-order valence-electron chi connectivity index (χ3n) is 3.09. The van der Waals surface area contributed by atoms with Crippen LogP contribution in [0.4, 0.5) is 8.78 Å².